The maximum Gasteiger partial charge on any atom is 0.229 e. The highest BCUT2D eigenvalue weighted by Crippen LogP contribution is 2.24. The van der Waals surface area contributed by atoms with Crippen molar-refractivity contribution in [2.75, 3.05) is 18.4 Å². The number of aromatic amines is 1. The number of nitrogens with one attached hydrogen (secondary N) is 2. The maximum absolute atomic E-state index is 13.7. The largest absolute Gasteiger partial charge is 0.361 e. The van der Waals surface area contributed by atoms with Gasteiger partial charge in [-0.05, 0) is 30.2 Å². The SMILES string of the molecule is O=C(Nc1c(F)cccc1F)C1CC(=O)N(CCc2c[nH]c3ccccc23)C1. The van der Waals surface area contributed by atoms with Crippen LogP contribution in [-0.4, -0.2) is 34.8 Å². The second-order valence-corrected chi connectivity index (χ2v) is 6.94. The molecule has 1 unspecified atom stereocenters. The summed E-state index contributed by atoms with van der Waals surface area (Å²) in [5, 5.41) is 3.39. The molecular weight excluding hydrogens is 364 g/mol. The van der Waals surface area contributed by atoms with Gasteiger partial charge in [-0.2, -0.15) is 0 Å². The maximum atomic E-state index is 13.7. The molecule has 0 bridgehead atoms. The Kier molecular flexibility index (Phi) is 4.81. The number of para-hydroxylation sites is 2. The molecule has 2 heterocycles. The van der Waals surface area contributed by atoms with Gasteiger partial charge in [0.25, 0.3) is 0 Å². The lowest BCUT2D eigenvalue weighted by atomic mass is 10.1. The first-order chi connectivity index (χ1) is 13.5. The fourth-order valence-corrected chi connectivity index (χ4v) is 3.60. The van der Waals surface area contributed by atoms with Crippen molar-refractivity contribution in [1.29, 1.82) is 0 Å². The first-order valence-corrected chi connectivity index (χ1v) is 9.10. The van der Waals surface area contributed by atoms with Crippen LogP contribution in [0.2, 0.25) is 0 Å². The zero-order valence-electron chi connectivity index (χ0n) is 15.0. The number of aromatic nitrogens is 1. The lowest BCUT2D eigenvalue weighted by molar-refractivity contribution is -0.128. The Balaban J connectivity index is 1.39. The first kappa shape index (κ1) is 18.2. The molecule has 5 nitrogen and oxygen atoms in total. The minimum absolute atomic E-state index is 0.0375. The number of nitrogens with zero attached hydrogens (tertiary/aromatic N) is 1. The van der Waals surface area contributed by atoms with E-state index in [2.05, 4.69) is 10.3 Å². The van der Waals surface area contributed by atoms with Crippen LogP contribution in [0, 0.1) is 17.6 Å². The number of halogens is 2. The van der Waals surface area contributed by atoms with Crippen LogP contribution in [0.5, 0.6) is 0 Å². The van der Waals surface area contributed by atoms with E-state index in [0.717, 1.165) is 28.6 Å². The van der Waals surface area contributed by atoms with Crippen molar-refractivity contribution in [2.24, 2.45) is 5.92 Å². The highest BCUT2D eigenvalue weighted by molar-refractivity contribution is 5.97. The third-order valence-corrected chi connectivity index (χ3v) is 5.12. The molecular formula is C21H19F2N3O2. The number of fused-ring (bicyclic) bond motifs is 1. The number of carbonyl (C=O) groups is 2. The van der Waals surface area contributed by atoms with Crippen molar-refractivity contribution < 1.29 is 18.4 Å². The van der Waals surface area contributed by atoms with Gasteiger partial charge in [0, 0.05) is 36.6 Å². The number of hydrogen-bond donors (Lipinski definition) is 2. The minimum Gasteiger partial charge on any atom is -0.361 e. The second-order valence-electron chi connectivity index (χ2n) is 6.94. The minimum atomic E-state index is -0.839. The highest BCUT2D eigenvalue weighted by atomic mass is 19.1. The Bertz CT molecular complexity index is 1030. The number of H-pyrrole nitrogens is 1. The fraction of sp³-hybridized carbons (Fsp3) is 0.238. The number of rotatable bonds is 5. The van der Waals surface area contributed by atoms with Gasteiger partial charge in [0.1, 0.15) is 17.3 Å². The van der Waals surface area contributed by atoms with Gasteiger partial charge in [-0.1, -0.05) is 24.3 Å². The lowest BCUT2D eigenvalue weighted by Gasteiger charge is -2.16. The molecule has 0 aliphatic carbocycles. The Morgan fingerprint density at radius 1 is 1.14 bits per heavy atom. The standard InChI is InChI=1S/C21H19F2N3O2/c22-16-5-3-6-17(23)20(16)25-21(28)14-10-19(27)26(12-14)9-8-13-11-24-18-7-2-1-4-15(13)18/h1-7,11,14,24H,8-10,12H2,(H,25,28). The summed E-state index contributed by atoms with van der Waals surface area (Å²) in [7, 11) is 0. The summed E-state index contributed by atoms with van der Waals surface area (Å²) in [5.41, 5.74) is 1.66. The Morgan fingerprint density at radius 3 is 2.68 bits per heavy atom. The van der Waals surface area contributed by atoms with Gasteiger partial charge in [0.2, 0.25) is 11.8 Å². The molecule has 1 saturated heterocycles. The highest BCUT2D eigenvalue weighted by Gasteiger charge is 2.34. The fourth-order valence-electron chi connectivity index (χ4n) is 3.60. The molecule has 0 saturated carbocycles. The van der Waals surface area contributed by atoms with Gasteiger partial charge >= 0.3 is 0 Å². The smallest absolute Gasteiger partial charge is 0.229 e. The molecule has 7 heteroatoms. The van der Waals surface area contributed by atoms with Gasteiger partial charge in [-0.3, -0.25) is 9.59 Å². The number of hydrogen-bond acceptors (Lipinski definition) is 2. The van der Waals surface area contributed by atoms with Crippen molar-refractivity contribution in [3.8, 4) is 0 Å². The van der Waals surface area contributed by atoms with Gasteiger partial charge in [0.15, 0.2) is 0 Å². The van der Waals surface area contributed by atoms with Gasteiger partial charge in [0.05, 0.1) is 5.92 Å². The number of benzene rings is 2. The van der Waals surface area contributed by atoms with Crippen molar-refractivity contribution in [2.45, 2.75) is 12.8 Å². The molecule has 1 atom stereocenters. The summed E-state index contributed by atoms with van der Waals surface area (Å²) in [4.78, 5) is 29.5. The average molecular weight is 383 g/mol. The Hall–Kier alpha value is -3.22. The predicted molar refractivity (Wildman–Crippen MR) is 102 cm³/mol. The molecule has 1 aliphatic heterocycles. The third-order valence-electron chi connectivity index (χ3n) is 5.12. The molecule has 1 fully saturated rings. The van der Waals surface area contributed by atoms with Crippen LogP contribution in [0.4, 0.5) is 14.5 Å². The van der Waals surface area contributed by atoms with E-state index in [-0.39, 0.29) is 18.9 Å². The molecule has 0 spiro atoms. The van der Waals surface area contributed by atoms with E-state index >= 15 is 0 Å². The quantitative estimate of drug-likeness (QED) is 0.709. The second kappa shape index (κ2) is 7.42. The van der Waals surface area contributed by atoms with Crippen molar-refractivity contribution in [3.05, 3.63) is 65.9 Å². The van der Waals surface area contributed by atoms with Crippen molar-refractivity contribution in [1.82, 2.24) is 9.88 Å². The summed E-state index contributed by atoms with van der Waals surface area (Å²) in [5.74, 6) is -2.99. The molecule has 3 aromatic rings. The van der Waals surface area contributed by atoms with E-state index in [9.17, 15) is 18.4 Å². The molecule has 144 valence electrons. The predicted octanol–water partition coefficient (Wildman–Crippen LogP) is 3.48. The summed E-state index contributed by atoms with van der Waals surface area (Å²) in [6, 6.07) is 11.3. The van der Waals surface area contributed by atoms with Crippen LogP contribution in [0.15, 0.2) is 48.7 Å². The molecule has 2 N–H and O–H groups in total. The van der Waals surface area contributed by atoms with Crippen molar-refractivity contribution >= 4 is 28.4 Å². The topological polar surface area (TPSA) is 65.2 Å². The Morgan fingerprint density at radius 2 is 1.89 bits per heavy atom. The molecule has 1 aliphatic rings. The van der Waals surface area contributed by atoms with Crippen LogP contribution >= 0.6 is 0 Å². The first-order valence-electron chi connectivity index (χ1n) is 9.10. The molecule has 1 aromatic heterocycles. The van der Waals surface area contributed by atoms with Crippen LogP contribution < -0.4 is 5.32 Å². The molecule has 2 amide bonds. The van der Waals surface area contributed by atoms with Gasteiger partial charge in [-0.25, -0.2) is 8.78 Å². The van der Waals surface area contributed by atoms with E-state index in [0.29, 0.717) is 13.0 Å². The van der Waals surface area contributed by atoms with E-state index in [1.165, 1.54) is 6.07 Å². The molecule has 0 radical (unpaired) electrons. The third kappa shape index (κ3) is 3.47. The summed E-state index contributed by atoms with van der Waals surface area (Å²) < 4.78 is 27.4. The summed E-state index contributed by atoms with van der Waals surface area (Å²) in [6.45, 7) is 0.724. The van der Waals surface area contributed by atoms with E-state index in [1.54, 1.807) is 4.90 Å². The van der Waals surface area contributed by atoms with Crippen molar-refractivity contribution in [3.63, 3.8) is 0 Å². The van der Waals surface area contributed by atoms with Gasteiger partial charge < -0.3 is 15.2 Å². The zero-order chi connectivity index (χ0) is 19.7. The number of carbonyl (C=O) groups excluding carboxylic acids is 2. The average Bonchev–Trinajstić information content (AvgIpc) is 3.26. The van der Waals surface area contributed by atoms with E-state index in [4.69, 9.17) is 0 Å². The monoisotopic (exact) mass is 383 g/mol. The number of anilines is 1. The number of amides is 2. The van der Waals surface area contributed by atoms with Crippen LogP contribution in [-0.2, 0) is 16.0 Å². The normalized spacial score (nSPS) is 16.7. The van der Waals surface area contributed by atoms with Crippen LogP contribution in [0.25, 0.3) is 10.9 Å². The van der Waals surface area contributed by atoms with E-state index in [1.807, 2.05) is 30.5 Å². The lowest BCUT2D eigenvalue weighted by Crippen LogP contribution is -2.30. The molecule has 2 aromatic carbocycles. The molecule has 4 rings (SSSR count). The summed E-state index contributed by atoms with van der Waals surface area (Å²) in [6.07, 6.45) is 2.62. The number of likely N-dealkylation sites (tertiary alicyclic amines) is 1. The van der Waals surface area contributed by atoms with Crippen LogP contribution in [0.1, 0.15) is 12.0 Å². The summed E-state index contributed by atoms with van der Waals surface area (Å²) >= 11 is 0. The van der Waals surface area contributed by atoms with Gasteiger partial charge in [-0.15, -0.1) is 0 Å². The Labute approximate surface area is 160 Å². The zero-order valence-corrected chi connectivity index (χ0v) is 15.0. The van der Waals surface area contributed by atoms with Crippen LogP contribution in [0.3, 0.4) is 0 Å². The van der Waals surface area contributed by atoms with E-state index < -0.39 is 29.1 Å². The molecule has 28 heavy (non-hydrogen) atoms.